The summed E-state index contributed by atoms with van der Waals surface area (Å²) in [6.07, 6.45) is 4.74. The van der Waals surface area contributed by atoms with Gasteiger partial charge in [-0.15, -0.1) is 10.2 Å². The van der Waals surface area contributed by atoms with Crippen molar-refractivity contribution in [2.24, 2.45) is 7.05 Å². The molecule has 5 heteroatoms. The van der Waals surface area contributed by atoms with Gasteiger partial charge in [0.05, 0.1) is 6.61 Å². The highest BCUT2D eigenvalue weighted by Crippen LogP contribution is 2.25. The van der Waals surface area contributed by atoms with Gasteiger partial charge in [-0.25, -0.2) is 0 Å². The lowest BCUT2D eigenvalue weighted by molar-refractivity contribution is 0.357. The summed E-state index contributed by atoms with van der Waals surface area (Å²) in [6, 6.07) is 6.53. The Kier molecular flexibility index (Phi) is 3.97. The molecule has 106 valence electrons. The zero-order valence-corrected chi connectivity index (χ0v) is 11.8. The minimum absolute atomic E-state index is 0.828. The van der Waals surface area contributed by atoms with Crippen molar-refractivity contribution in [1.82, 2.24) is 20.1 Å². The second-order valence-corrected chi connectivity index (χ2v) is 5.15. The van der Waals surface area contributed by atoms with Gasteiger partial charge in [-0.1, -0.05) is 12.1 Å². The van der Waals surface area contributed by atoms with Gasteiger partial charge >= 0.3 is 0 Å². The number of ether oxygens (including phenoxy) is 1. The van der Waals surface area contributed by atoms with Gasteiger partial charge < -0.3 is 14.6 Å². The topological polar surface area (TPSA) is 52.0 Å². The van der Waals surface area contributed by atoms with Crippen molar-refractivity contribution in [3.05, 3.63) is 41.5 Å². The maximum Gasteiger partial charge on any atom is 0.133 e. The first kappa shape index (κ1) is 13.1. The van der Waals surface area contributed by atoms with Crippen LogP contribution in [0.1, 0.15) is 17.0 Å². The monoisotopic (exact) mass is 272 g/mol. The van der Waals surface area contributed by atoms with Crippen LogP contribution in [0, 0.1) is 0 Å². The third kappa shape index (κ3) is 2.99. The Hall–Kier alpha value is -1.88. The molecule has 1 aromatic carbocycles. The van der Waals surface area contributed by atoms with Gasteiger partial charge in [-0.05, 0) is 30.2 Å². The van der Waals surface area contributed by atoms with E-state index >= 15 is 0 Å². The number of fused-ring (bicyclic) bond motifs is 1. The zero-order chi connectivity index (χ0) is 13.8. The smallest absolute Gasteiger partial charge is 0.133 e. The number of hydrogen-bond donors (Lipinski definition) is 1. The van der Waals surface area contributed by atoms with Crippen LogP contribution < -0.4 is 10.1 Å². The molecule has 5 nitrogen and oxygen atoms in total. The summed E-state index contributed by atoms with van der Waals surface area (Å²) < 4.78 is 7.48. The zero-order valence-electron chi connectivity index (χ0n) is 11.8. The Morgan fingerprint density at radius 3 is 3.05 bits per heavy atom. The lowest BCUT2D eigenvalue weighted by Gasteiger charge is -2.06. The van der Waals surface area contributed by atoms with E-state index in [9.17, 15) is 0 Å². The van der Waals surface area contributed by atoms with Crippen LogP contribution in [0.2, 0.25) is 0 Å². The number of hydrogen-bond acceptors (Lipinski definition) is 4. The number of aromatic nitrogens is 3. The number of benzene rings is 1. The molecule has 0 saturated heterocycles. The number of rotatable bonds is 6. The lowest BCUT2D eigenvalue weighted by Crippen LogP contribution is -2.21. The van der Waals surface area contributed by atoms with E-state index < -0.39 is 0 Å². The van der Waals surface area contributed by atoms with Crippen LogP contribution in [0.15, 0.2) is 24.5 Å². The Morgan fingerprint density at radius 2 is 2.20 bits per heavy atom. The van der Waals surface area contributed by atoms with Crippen molar-refractivity contribution >= 4 is 0 Å². The molecule has 0 spiro atoms. The summed E-state index contributed by atoms with van der Waals surface area (Å²) in [7, 11) is 1.97. The van der Waals surface area contributed by atoms with Crippen molar-refractivity contribution < 1.29 is 4.74 Å². The molecule has 20 heavy (non-hydrogen) atoms. The molecule has 0 bridgehead atoms. The fraction of sp³-hybridized carbons (Fsp3) is 0.467. The van der Waals surface area contributed by atoms with Crippen molar-refractivity contribution in [3.8, 4) is 5.75 Å². The van der Waals surface area contributed by atoms with E-state index in [0.717, 1.165) is 50.5 Å². The van der Waals surface area contributed by atoms with E-state index in [4.69, 9.17) is 4.74 Å². The molecule has 1 aliphatic heterocycles. The van der Waals surface area contributed by atoms with E-state index in [1.807, 2.05) is 11.6 Å². The first-order valence-corrected chi connectivity index (χ1v) is 7.11. The first-order chi connectivity index (χ1) is 9.83. The fourth-order valence-corrected chi connectivity index (χ4v) is 2.49. The molecule has 1 aromatic heterocycles. The molecule has 1 aliphatic rings. The minimum Gasteiger partial charge on any atom is -0.493 e. The van der Waals surface area contributed by atoms with Gasteiger partial charge in [-0.2, -0.15) is 0 Å². The van der Waals surface area contributed by atoms with Crippen LogP contribution >= 0.6 is 0 Å². The first-order valence-electron chi connectivity index (χ1n) is 7.11. The third-order valence-corrected chi connectivity index (χ3v) is 3.67. The predicted molar refractivity (Wildman–Crippen MR) is 76.9 cm³/mol. The Balaban J connectivity index is 1.41. The normalized spacial score (nSPS) is 13.2. The second-order valence-electron chi connectivity index (χ2n) is 5.15. The van der Waals surface area contributed by atoms with Crippen LogP contribution in [0.25, 0.3) is 0 Å². The molecule has 0 fully saturated rings. The van der Waals surface area contributed by atoms with Crippen molar-refractivity contribution in [2.45, 2.75) is 19.3 Å². The lowest BCUT2D eigenvalue weighted by atomic mass is 10.1. The average molecular weight is 272 g/mol. The molecule has 0 amide bonds. The van der Waals surface area contributed by atoms with E-state index in [0.29, 0.717) is 0 Å². The summed E-state index contributed by atoms with van der Waals surface area (Å²) in [5.74, 6) is 2.08. The minimum atomic E-state index is 0.828. The van der Waals surface area contributed by atoms with Gasteiger partial charge in [-0.3, -0.25) is 0 Å². The van der Waals surface area contributed by atoms with Gasteiger partial charge in [0.15, 0.2) is 0 Å². The summed E-state index contributed by atoms with van der Waals surface area (Å²) in [5, 5.41) is 11.4. The molecule has 2 aromatic rings. The Labute approximate surface area is 119 Å². The van der Waals surface area contributed by atoms with Crippen LogP contribution in [0.3, 0.4) is 0 Å². The molecule has 2 heterocycles. The number of aryl methyl sites for hydroxylation is 1. The molecule has 0 unspecified atom stereocenters. The van der Waals surface area contributed by atoms with Crippen molar-refractivity contribution in [3.63, 3.8) is 0 Å². The van der Waals surface area contributed by atoms with Crippen molar-refractivity contribution in [1.29, 1.82) is 0 Å². The molecule has 0 radical (unpaired) electrons. The standard InChI is InChI=1S/C15H20N4O/c1-19-11-17-18-15(19)5-8-16-7-4-12-2-3-14-13(10-12)6-9-20-14/h2-3,10-11,16H,4-9H2,1H3. The number of nitrogens with one attached hydrogen (secondary N) is 1. The molecule has 0 atom stereocenters. The maximum absolute atomic E-state index is 5.52. The summed E-state index contributed by atoms with van der Waals surface area (Å²) in [5.41, 5.74) is 2.72. The molecular formula is C15H20N4O. The van der Waals surface area contributed by atoms with Gasteiger partial charge in [0.2, 0.25) is 0 Å². The maximum atomic E-state index is 5.52. The molecule has 0 saturated carbocycles. The number of nitrogens with zero attached hydrogens (tertiary/aromatic N) is 3. The van der Waals surface area contributed by atoms with Crippen LogP contribution in [0.4, 0.5) is 0 Å². The highest BCUT2D eigenvalue weighted by Gasteiger charge is 2.11. The largest absolute Gasteiger partial charge is 0.493 e. The SMILES string of the molecule is Cn1cnnc1CCNCCc1ccc2c(c1)CCO2. The summed E-state index contributed by atoms with van der Waals surface area (Å²) in [4.78, 5) is 0. The molecule has 0 aliphatic carbocycles. The second kappa shape index (κ2) is 6.05. The third-order valence-electron chi connectivity index (χ3n) is 3.67. The quantitative estimate of drug-likeness (QED) is 0.801. The highest BCUT2D eigenvalue weighted by molar-refractivity contribution is 5.39. The molecule has 3 rings (SSSR count). The van der Waals surface area contributed by atoms with E-state index in [2.05, 4.69) is 33.7 Å². The Bertz CT molecular complexity index is 579. The van der Waals surface area contributed by atoms with Crippen LogP contribution in [0.5, 0.6) is 5.75 Å². The predicted octanol–water partition coefficient (Wildman–Crippen LogP) is 1.12. The van der Waals surface area contributed by atoms with Crippen LogP contribution in [-0.4, -0.2) is 34.5 Å². The van der Waals surface area contributed by atoms with E-state index in [1.54, 1.807) is 6.33 Å². The Morgan fingerprint density at radius 1 is 1.30 bits per heavy atom. The van der Waals surface area contributed by atoms with E-state index in [-0.39, 0.29) is 0 Å². The van der Waals surface area contributed by atoms with Crippen LogP contribution in [-0.2, 0) is 26.3 Å². The fourth-order valence-electron chi connectivity index (χ4n) is 2.49. The molecule has 1 N–H and O–H groups in total. The summed E-state index contributed by atoms with van der Waals surface area (Å²) >= 11 is 0. The van der Waals surface area contributed by atoms with Gasteiger partial charge in [0, 0.05) is 26.4 Å². The van der Waals surface area contributed by atoms with E-state index in [1.165, 1.54) is 11.1 Å². The summed E-state index contributed by atoms with van der Waals surface area (Å²) in [6.45, 7) is 2.74. The average Bonchev–Trinajstić information content (AvgIpc) is 3.07. The highest BCUT2D eigenvalue weighted by atomic mass is 16.5. The molecular weight excluding hydrogens is 252 g/mol. The van der Waals surface area contributed by atoms with Crippen molar-refractivity contribution in [2.75, 3.05) is 19.7 Å². The van der Waals surface area contributed by atoms with Gasteiger partial charge in [0.1, 0.15) is 17.9 Å². The van der Waals surface area contributed by atoms with Gasteiger partial charge in [0.25, 0.3) is 0 Å².